The Balaban J connectivity index is 1.51. The first-order chi connectivity index (χ1) is 13.8. The lowest BCUT2D eigenvalue weighted by Crippen LogP contribution is -2.26. The van der Waals surface area contributed by atoms with E-state index in [9.17, 15) is 4.79 Å². The summed E-state index contributed by atoms with van der Waals surface area (Å²) in [7, 11) is 0. The van der Waals surface area contributed by atoms with Crippen molar-refractivity contribution >= 4 is 17.2 Å². The molecule has 2 aromatic heterocycles. The van der Waals surface area contributed by atoms with Crippen LogP contribution in [0.2, 0.25) is 0 Å². The number of aromatic nitrogens is 2. The van der Waals surface area contributed by atoms with Gasteiger partial charge in [-0.05, 0) is 23.8 Å². The van der Waals surface area contributed by atoms with Crippen LogP contribution >= 0.6 is 11.3 Å². The molecule has 2 aromatic carbocycles. The minimum absolute atomic E-state index is 0.0945. The summed E-state index contributed by atoms with van der Waals surface area (Å²) in [5, 5.41) is 3.84. The highest BCUT2D eigenvalue weighted by atomic mass is 32.1. The van der Waals surface area contributed by atoms with Gasteiger partial charge in [0.05, 0.1) is 4.88 Å². The van der Waals surface area contributed by atoms with E-state index in [0.29, 0.717) is 18.5 Å². The van der Waals surface area contributed by atoms with Gasteiger partial charge in [-0.25, -0.2) is 4.98 Å². The monoisotopic (exact) mass is 385 g/mol. The fourth-order valence-electron chi connectivity index (χ4n) is 2.95. The Morgan fingerprint density at radius 1 is 0.893 bits per heavy atom. The first-order valence-electron chi connectivity index (χ1n) is 9.10. The molecule has 4 rings (SSSR count). The molecule has 0 saturated carbocycles. The maximum absolute atomic E-state index is 12.8. The SMILES string of the molecule is O=C(NCCc1ccccn1)c1ccccc1-c1ncc(-c2ccccc2)s1. The standard InChI is InChI=1S/C23H19N3OS/c27-22(25-15-13-18-10-6-7-14-24-18)19-11-4-5-12-20(19)23-26-16-21(28-23)17-8-2-1-3-9-17/h1-12,14,16H,13,15H2,(H,25,27). The second kappa shape index (κ2) is 8.59. The van der Waals surface area contributed by atoms with Gasteiger partial charge in [-0.15, -0.1) is 11.3 Å². The van der Waals surface area contributed by atoms with Crippen molar-refractivity contribution in [3.63, 3.8) is 0 Å². The summed E-state index contributed by atoms with van der Waals surface area (Å²) in [6, 6.07) is 23.5. The van der Waals surface area contributed by atoms with Crippen LogP contribution in [0.1, 0.15) is 16.1 Å². The van der Waals surface area contributed by atoms with E-state index in [2.05, 4.69) is 27.4 Å². The van der Waals surface area contributed by atoms with E-state index < -0.39 is 0 Å². The third kappa shape index (κ3) is 4.15. The maximum atomic E-state index is 12.8. The zero-order valence-electron chi connectivity index (χ0n) is 15.2. The third-order valence-corrected chi connectivity index (χ3v) is 5.44. The highest BCUT2D eigenvalue weighted by Gasteiger charge is 2.15. The van der Waals surface area contributed by atoms with Crippen molar-refractivity contribution in [2.45, 2.75) is 6.42 Å². The lowest BCUT2D eigenvalue weighted by Gasteiger charge is -2.08. The van der Waals surface area contributed by atoms with Crippen LogP contribution in [-0.4, -0.2) is 22.4 Å². The van der Waals surface area contributed by atoms with Crippen LogP contribution in [0.25, 0.3) is 21.0 Å². The summed E-state index contributed by atoms with van der Waals surface area (Å²) in [4.78, 5) is 22.7. The Labute approximate surface area is 167 Å². The molecule has 2 heterocycles. The minimum atomic E-state index is -0.0945. The Bertz CT molecular complexity index is 1060. The number of nitrogens with zero attached hydrogens (tertiary/aromatic N) is 2. The molecule has 1 amide bonds. The van der Waals surface area contributed by atoms with Crippen molar-refractivity contribution in [2.75, 3.05) is 6.54 Å². The minimum Gasteiger partial charge on any atom is -0.352 e. The Morgan fingerprint density at radius 3 is 2.50 bits per heavy atom. The molecule has 0 fully saturated rings. The lowest BCUT2D eigenvalue weighted by molar-refractivity contribution is 0.0954. The number of amides is 1. The smallest absolute Gasteiger partial charge is 0.252 e. The molecular formula is C23H19N3OS. The van der Waals surface area contributed by atoms with E-state index >= 15 is 0 Å². The van der Waals surface area contributed by atoms with Crippen LogP contribution in [0, 0.1) is 0 Å². The number of hydrogen-bond acceptors (Lipinski definition) is 4. The van der Waals surface area contributed by atoms with Crippen molar-refractivity contribution in [2.24, 2.45) is 0 Å². The van der Waals surface area contributed by atoms with E-state index in [4.69, 9.17) is 0 Å². The van der Waals surface area contributed by atoms with Crippen molar-refractivity contribution in [1.29, 1.82) is 0 Å². The number of pyridine rings is 1. The van der Waals surface area contributed by atoms with Gasteiger partial charge < -0.3 is 5.32 Å². The number of benzene rings is 2. The van der Waals surface area contributed by atoms with Crippen molar-refractivity contribution in [3.05, 3.63) is 96.4 Å². The van der Waals surface area contributed by atoms with E-state index in [1.54, 1.807) is 17.5 Å². The highest BCUT2D eigenvalue weighted by Crippen LogP contribution is 2.33. The maximum Gasteiger partial charge on any atom is 0.252 e. The molecule has 0 radical (unpaired) electrons. The number of nitrogens with one attached hydrogen (secondary N) is 1. The zero-order chi connectivity index (χ0) is 19.2. The normalized spacial score (nSPS) is 10.6. The summed E-state index contributed by atoms with van der Waals surface area (Å²) in [6.45, 7) is 0.539. The summed E-state index contributed by atoms with van der Waals surface area (Å²) < 4.78 is 0. The molecule has 1 N–H and O–H groups in total. The molecule has 0 saturated heterocycles. The van der Waals surface area contributed by atoms with Gasteiger partial charge in [0.25, 0.3) is 5.91 Å². The largest absolute Gasteiger partial charge is 0.352 e. The topological polar surface area (TPSA) is 54.9 Å². The predicted octanol–water partition coefficient (Wildman–Crippen LogP) is 4.84. The van der Waals surface area contributed by atoms with E-state index in [1.807, 2.05) is 66.9 Å². The first-order valence-corrected chi connectivity index (χ1v) is 9.91. The van der Waals surface area contributed by atoms with Crippen LogP contribution in [0.3, 0.4) is 0 Å². The third-order valence-electron chi connectivity index (χ3n) is 4.36. The van der Waals surface area contributed by atoms with Crippen molar-refractivity contribution < 1.29 is 4.79 Å². The number of carbonyl (C=O) groups is 1. The quantitative estimate of drug-likeness (QED) is 0.516. The van der Waals surface area contributed by atoms with Gasteiger partial charge in [0.15, 0.2) is 0 Å². The van der Waals surface area contributed by atoms with Gasteiger partial charge in [0.1, 0.15) is 5.01 Å². The number of hydrogen-bond donors (Lipinski definition) is 1. The van der Waals surface area contributed by atoms with Crippen LogP contribution in [0.4, 0.5) is 0 Å². The molecule has 5 heteroatoms. The van der Waals surface area contributed by atoms with Gasteiger partial charge in [0.2, 0.25) is 0 Å². The average molecular weight is 385 g/mol. The molecule has 138 valence electrons. The van der Waals surface area contributed by atoms with E-state index in [1.165, 1.54) is 0 Å². The number of carbonyl (C=O) groups excluding carboxylic acids is 1. The second-order valence-electron chi connectivity index (χ2n) is 6.27. The highest BCUT2D eigenvalue weighted by molar-refractivity contribution is 7.18. The zero-order valence-corrected chi connectivity index (χ0v) is 16.0. The van der Waals surface area contributed by atoms with Gasteiger partial charge in [0, 0.05) is 42.2 Å². The number of thiazole rings is 1. The second-order valence-corrected chi connectivity index (χ2v) is 7.30. The summed E-state index contributed by atoms with van der Waals surface area (Å²) in [5.41, 5.74) is 3.58. The molecule has 0 atom stereocenters. The van der Waals surface area contributed by atoms with Gasteiger partial charge in [-0.3, -0.25) is 9.78 Å². The van der Waals surface area contributed by atoms with E-state index in [-0.39, 0.29) is 5.91 Å². The lowest BCUT2D eigenvalue weighted by atomic mass is 10.1. The van der Waals surface area contributed by atoms with Gasteiger partial charge >= 0.3 is 0 Å². The molecule has 0 spiro atoms. The molecule has 0 bridgehead atoms. The molecule has 0 aliphatic carbocycles. The van der Waals surface area contributed by atoms with Crippen LogP contribution < -0.4 is 5.32 Å². The molecule has 0 aliphatic heterocycles. The fourth-order valence-corrected chi connectivity index (χ4v) is 3.91. The molecule has 4 aromatic rings. The summed E-state index contributed by atoms with van der Waals surface area (Å²) >= 11 is 1.59. The fraction of sp³-hybridized carbons (Fsp3) is 0.0870. The first kappa shape index (κ1) is 18.1. The Kier molecular flexibility index (Phi) is 5.54. The summed E-state index contributed by atoms with van der Waals surface area (Å²) in [6.07, 6.45) is 4.33. The van der Waals surface area contributed by atoms with Crippen molar-refractivity contribution in [1.82, 2.24) is 15.3 Å². The predicted molar refractivity (Wildman–Crippen MR) is 113 cm³/mol. The summed E-state index contributed by atoms with van der Waals surface area (Å²) in [5.74, 6) is -0.0945. The average Bonchev–Trinajstić information content (AvgIpc) is 3.25. The van der Waals surface area contributed by atoms with Gasteiger partial charge in [-0.1, -0.05) is 54.6 Å². The number of rotatable bonds is 6. The van der Waals surface area contributed by atoms with Gasteiger partial charge in [-0.2, -0.15) is 0 Å². The van der Waals surface area contributed by atoms with E-state index in [0.717, 1.165) is 26.7 Å². The Hall–Kier alpha value is -3.31. The molecule has 4 nitrogen and oxygen atoms in total. The molecule has 28 heavy (non-hydrogen) atoms. The molecule has 0 aliphatic rings. The van der Waals surface area contributed by atoms with Crippen LogP contribution in [0.5, 0.6) is 0 Å². The molecule has 0 unspecified atom stereocenters. The Morgan fingerprint density at radius 2 is 1.68 bits per heavy atom. The van der Waals surface area contributed by atoms with Crippen LogP contribution in [-0.2, 0) is 6.42 Å². The van der Waals surface area contributed by atoms with Crippen LogP contribution in [0.15, 0.2) is 85.2 Å². The van der Waals surface area contributed by atoms with Crippen molar-refractivity contribution in [3.8, 4) is 21.0 Å². The molecular weight excluding hydrogens is 366 g/mol.